The van der Waals surface area contributed by atoms with E-state index in [0.29, 0.717) is 39.0 Å². The third kappa shape index (κ3) is 11.2. The van der Waals surface area contributed by atoms with Crippen molar-refractivity contribution in [2.45, 2.75) is 25.3 Å². The summed E-state index contributed by atoms with van der Waals surface area (Å²) in [5.41, 5.74) is 5.33. The normalized spacial score (nSPS) is 11.6. The summed E-state index contributed by atoms with van der Waals surface area (Å²) in [4.78, 5) is 21.6. The van der Waals surface area contributed by atoms with Crippen molar-refractivity contribution in [3.8, 4) is 0 Å². The van der Waals surface area contributed by atoms with Crippen molar-refractivity contribution in [1.29, 1.82) is 0 Å². The van der Waals surface area contributed by atoms with E-state index in [9.17, 15) is 9.59 Å². The number of aliphatic carboxylic acids is 1. The van der Waals surface area contributed by atoms with Crippen LogP contribution in [0.5, 0.6) is 0 Å². The van der Waals surface area contributed by atoms with Gasteiger partial charge < -0.3 is 25.6 Å². The van der Waals surface area contributed by atoms with E-state index in [1.165, 1.54) is 0 Å². The highest BCUT2D eigenvalue weighted by Gasteiger charge is 2.10. The Hall–Kier alpha value is -1.60. The fraction of sp³-hybridized carbons (Fsp3) is 0.667. The number of rotatable bonds is 11. The SMILES string of the molecule is C=CCOCCOC(=O)NCCCC[C@H](N)C(=O)O. The number of ether oxygens (including phenoxy) is 2. The van der Waals surface area contributed by atoms with Crippen molar-refractivity contribution in [2.24, 2.45) is 5.73 Å². The predicted octanol–water partition coefficient (Wildman–Crippen LogP) is 0.497. The molecule has 0 aromatic carbocycles. The highest BCUT2D eigenvalue weighted by Crippen LogP contribution is 1.98. The van der Waals surface area contributed by atoms with E-state index >= 15 is 0 Å². The fourth-order valence-corrected chi connectivity index (χ4v) is 1.21. The first-order chi connectivity index (χ1) is 9.07. The molecular weight excluding hydrogens is 252 g/mol. The smallest absolute Gasteiger partial charge is 0.407 e. The van der Waals surface area contributed by atoms with Crippen LogP contribution in [0.2, 0.25) is 0 Å². The minimum absolute atomic E-state index is 0.184. The van der Waals surface area contributed by atoms with E-state index in [1.807, 2.05) is 0 Å². The van der Waals surface area contributed by atoms with Crippen LogP contribution < -0.4 is 11.1 Å². The van der Waals surface area contributed by atoms with Gasteiger partial charge in [0.05, 0.1) is 13.2 Å². The molecule has 0 heterocycles. The average Bonchev–Trinajstić information content (AvgIpc) is 2.37. The summed E-state index contributed by atoms with van der Waals surface area (Å²) >= 11 is 0. The molecule has 0 saturated carbocycles. The molecule has 0 radical (unpaired) electrons. The van der Waals surface area contributed by atoms with Crippen molar-refractivity contribution in [1.82, 2.24) is 5.32 Å². The molecule has 0 unspecified atom stereocenters. The maximum atomic E-state index is 11.2. The number of amides is 1. The first-order valence-corrected chi connectivity index (χ1v) is 6.15. The van der Waals surface area contributed by atoms with Gasteiger partial charge in [-0.1, -0.05) is 6.08 Å². The number of nitrogens with two attached hydrogens (primary N) is 1. The van der Waals surface area contributed by atoms with Gasteiger partial charge in [0.1, 0.15) is 12.6 Å². The van der Waals surface area contributed by atoms with Crippen LogP contribution in [0, 0.1) is 0 Å². The minimum Gasteiger partial charge on any atom is -0.480 e. The summed E-state index contributed by atoms with van der Waals surface area (Å²) in [6, 6.07) is -0.839. The van der Waals surface area contributed by atoms with Gasteiger partial charge in [0.25, 0.3) is 0 Å². The molecule has 7 heteroatoms. The Bertz CT molecular complexity index is 283. The summed E-state index contributed by atoms with van der Waals surface area (Å²) < 4.78 is 9.86. The van der Waals surface area contributed by atoms with Crippen molar-refractivity contribution >= 4 is 12.1 Å². The van der Waals surface area contributed by atoms with E-state index in [1.54, 1.807) is 6.08 Å². The molecule has 0 saturated heterocycles. The van der Waals surface area contributed by atoms with Crippen molar-refractivity contribution in [3.05, 3.63) is 12.7 Å². The van der Waals surface area contributed by atoms with Crippen LogP contribution in [0.4, 0.5) is 4.79 Å². The lowest BCUT2D eigenvalue weighted by Crippen LogP contribution is -2.30. The molecule has 7 nitrogen and oxygen atoms in total. The molecular formula is C12H22N2O5. The molecule has 0 aromatic heterocycles. The van der Waals surface area contributed by atoms with Gasteiger partial charge in [0, 0.05) is 6.54 Å². The lowest BCUT2D eigenvalue weighted by atomic mass is 10.1. The second kappa shape index (κ2) is 11.5. The molecule has 0 bridgehead atoms. The lowest BCUT2D eigenvalue weighted by molar-refractivity contribution is -0.138. The Morgan fingerprint density at radius 1 is 1.37 bits per heavy atom. The zero-order valence-corrected chi connectivity index (χ0v) is 11.0. The highest BCUT2D eigenvalue weighted by atomic mass is 16.6. The molecule has 0 aliphatic rings. The van der Waals surface area contributed by atoms with Crippen molar-refractivity contribution < 1.29 is 24.2 Å². The fourth-order valence-electron chi connectivity index (χ4n) is 1.21. The molecule has 110 valence electrons. The van der Waals surface area contributed by atoms with Crippen LogP contribution >= 0.6 is 0 Å². The highest BCUT2D eigenvalue weighted by molar-refractivity contribution is 5.72. The monoisotopic (exact) mass is 274 g/mol. The van der Waals surface area contributed by atoms with Gasteiger partial charge in [-0.05, 0) is 19.3 Å². The Kier molecular flexibility index (Phi) is 10.5. The molecule has 0 aliphatic heterocycles. The van der Waals surface area contributed by atoms with Crippen molar-refractivity contribution in [3.63, 3.8) is 0 Å². The number of nitrogens with one attached hydrogen (secondary N) is 1. The van der Waals surface area contributed by atoms with E-state index in [4.69, 9.17) is 20.3 Å². The molecule has 0 spiro atoms. The largest absolute Gasteiger partial charge is 0.480 e. The molecule has 4 N–H and O–H groups in total. The van der Waals surface area contributed by atoms with Crippen LogP contribution in [0.3, 0.4) is 0 Å². The first kappa shape index (κ1) is 17.4. The molecule has 19 heavy (non-hydrogen) atoms. The second-order valence-corrected chi connectivity index (χ2v) is 3.87. The van der Waals surface area contributed by atoms with Crippen LogP contribution in [-0.4, -0.2) is 49.6 Å². The maximum Gasteiger partial charge on any atom is 0.407 e. The number of hydrogen-bond donors (Lipinski definition) is 3. The van der Waals surface area contributed by atoms with E-state index < -0.39 is 18.1 Å². The standard InChI is InChI=1S/C12H22N2O5/c1-2-7-18-8-9-19-12(17)14-6-4-3-5-10(13)11(15)16/h2,10H,1,3-9,13H2,(H,14,17)(H,15,16)/t10-/m0/s1. The summed E-state index contributed by atoms with van der Waals surface area (Å²) in [6.45, 7) is 4.85. The molecule has 0 aliphatic carbocycles. The van der Waals surface area contributed by atoms with Crippen molar-refractivity contribution in [2.75, 3.05) is 26.4 Å². The number of carboxylic acid groups (broad SMARTS) is 1. The summed E-state index contributed by atoms with van der Waals surface area (Å²) in [5.74, 6) is -1.01. The van der Waals surface area contributed by atoms with Gasteiger partial charge in [-0.15, -0.1) is 6.58 Å². The van der Waals surface area contributed by atoms with Crippen LogP contribution in [0.15, 0.2) is 12.7 Å². The average molecular weight is 274 g/mol. The second-order valence-electron chi connectivity index (χ2n) is 3.87. The molecule has 1 amide bonds. The number of alkyl carbamates (subject to hydrolysis) is 1. The van der Waals surface area contributed by atoms with Crippen LogP contribution in [-0.2, 0) is 14.3 Å². The van der Waals surface area contributed by atoms with Crippen LogP contribution in [0.1, 0.15) is 19.3 Å². The number of unbranched alkanes of at least 4 members (excludes halogenated alkanes) is 1. The minimum atomic E-state index is -1.01. The third-order valence-electron chi connectivity index (χ3n) is 2.22. The summed E-state index contributed by atoms with van der Waals surface area (Å²) in [5, 5.41) is 11.1. The number of carboxylic acids is 1. The lowest BCUT2D eigenvalue weighted by Gasteiger charge is -2.08. The van der Waals surface area contributed by atoms with Gasteiger partial charge in [-0.3, -0.25) is 4.79 Å². The van der Waals surface area contributed by atoms with E-state index in [2.05, 4.69) is 11.9 Å². The quantitative estimate of drug-likeness (QED) is 0.373. The van der Waals surface area contributed by atoms with Gasteiger partial charge in [-0.2, -0.15) is 0 Å². The predicted molar refractivity (Wildman–Crippen MR) is 69.8 cm³/mol. The summed E-state index contributed by atoms with van der Waals surface area (Å²) in [6.07, 6.45) is 2.78. The Balaban J connectivity index is 3.34. The Morgan fingerprint density at radius 3 is 2.74 bits per heavy atom. The van der Waals surface area contributed by atoms with E-state index in [0.717, 1.165) is 0 Å². The Morgan fingerprint density at radius 2 is 2.11 bits per heavy atom. The van der Waals surface area contributed by atoms with Gasteiger partial charge >= 0.3 is 12.1 Å². The molecule has 0 fully saturated rings. The van der Waals surface area contributed by atoms with Crippen LogP contribution in [0.25, 0.3) is 0 Å². The molecule has 1 atom stereocenters. The maximum absolute atomic E-state index is 11.2. The molecule has 0 aromatic rings. The zero-order chi connectivity index (χ0) is 14.5. The van der Waals surface area contributed by atoms with E-state index in [-0.39, 0.29) is 6.61 Å². The number of hydrogen-bond acceptors (Lipinski definition) is 5. The third-order valence-corrected chi connectivity index (χ3v) is 2.22. The van der Waals surface area contributed by atoms with Gasteiger partial charge in [0.2, 0.25) is 0 Å². The Labute approximate surface area is 112 Å². The summed E-state index contributed by atoms with van der Waals surface area (Å²) in [7, 11) is 0. The topological polar surface area (TPSA) is 111 Å². The first-order valence-electron chi connectivity index (χ1n) is 6.15. The zero-order valence-electron chi connectivity index (χ0n) is 11.0. The van der Waals surface area contributed by atoms with Gasteiger partial charge in [0.15, 0.2) is 0 Å². The number of carbonyl (C=O) groups is 2. The number of carbonyl (C=O) groups excluding carboxylic acids is 1. The molecule has 0 rings (SSSR count). The van der Waals surface area contributed by atoms with Gasteiger partial charge in [-0.25, -0.2) is 4.79 Å².